The van der Waals surface area contributed by atoms with Gasteiger partial charge in [0.15, 0.2) is 0 Å². The van der Waals surface area contributed by atoms with Gasteiger partial charge in [-0.2, -0.15) is 0 Å². The van der Waals surface area contributed by atoms with E-state index < -0.39 is 0 Å². The van der Waals surface area contributed by atoms with Gasteiger partial charge in [-0.15, -0.1) is 0 Å². The summed E-state index contributed by atoms with van der Waals surface area (Å²) in [6.45, 7) is 0. The van der Waals surface area contributed by atoms with Crippen LogP contribution in [0.2, 0.25) is 0 Å². The van der Waals surface area contributed by atoms with Gasteiger partial charge in [-0.25, -0.2) is 0 Å². The molecule has 0 atom stereocenters. The fraction of sp³-hybridized carbons (Fsp3) is 0. The van der Waals surface area contributed by atoms with Gasteiger partial charge in [0.2, 0.25) is 0 Å². The number of rotatable bonds is 1. The molecular formula is C6H6N4Se. The molecule has 11 heavy (non-hydrogen) atoms. The van der Waals surface area contributed by atoms with Crippen LogP contribution >= 0.6 is 0 Å². The van der Waals surface area contributed by atoms with Crippen LogP contribution < -0.4 is 11.3 Å². The van der Waals surface area contributed by atoms with Crippen molar-refractivity contribution in [2.75, 3.05) is 5.43 Å². The van der Waals surface area contributed by atoms with E-state index in [2.05, 4.69) is 20.3 Å². The minimum absolute atomic E-state index is 0.346. The first-order valence-corrected chi connectivity index (χ1v) is 4.91. The van der Waals surface area contributed by atoms with Crippen LogP contribution in [0.4, 0.5) is 5.82 Å². The standard InChI is InChI=1S/C6H6N4Se/c7-10-6-5-4(1-2-11-5)8-3-9-6/h1-3H,7H2,(H,8,9,10). The number of nitrogens with one attached hydrogen (secondary N) is 1. The molecular weight excluding hydrogens is 207 g/mol. The molecule has 4 nitrogen and oxygen atoms in total. The van der Waals surface area contributed by atoms with Crippen LogP contribution in [0.15, 0.2) is 17.3 Å². The summed E-state index contributed by atoms with van der Waals surface area (Å²) in [5, 5.41) is 0. The Morgan fingerprint density at radius 1 is 1.45 bits per heavy atom. The van der Waals surface area contributed by atoms with Crippen molar-refractivity contribution in [3.05, 3.63) is 17.3 Å². The van der Waals surface area contributed by atoms with Gasteiger partial charge in [0.25, 0.3) is 0 Å². The zero-order valence-corrected chi connectivity index (χ0v) is 7.33. The summed E-state index contributed by atoms with van der Waals surface area (Å²) in [4.78, 5) is 10.2. The third-order valence-corrected chi connectivity index (χ3v) is 3.29. The maximum absolute atomic E-state index is 5.26. The second-order valence-electron chi connectivity index (χ2n) is 2.00. The van der Waals surface area contributed by atoms with Crippen LogP contribution in [0, 0.1) is 0 Å². The average molecular weight is 213 g/mol. The number of hydrazine groups is 1. The fourth-order valence-corrected chi connectivity index (χ4v) is 2.57. The summed E-state index contributed by atoms with van der Waals surface area (Å²) in [6, 6.07) is 2.00. The molecule has 0 bridgehead atoms. The molecule has 0 aromatic carbocycles. The second kappa shape index (κ2) is 2.62. The molecule has 0 radical (unpaired) electrons. The van der Waals surface area contributed by atoms with Crippen molar-refractivity contribution in [3.63, 3.8) is 0 Å². The molecule has 0 saturated carbocycles. The maximum atomic E-state index is 5.26. The summed E-state index contributed by atoms with van der Waals surface area (Å²) in [5.74, 6) is 6.01. The number of nitrogens with zero attached hydrogens (tertiary/aromatic N) is 2. The van der Waals surface area contributed by atoms with Gasteiger partial charge in [-0.05, 0) is 0 Å². The van der Waals surface area contributed by atoms with Crippen molar-refractivity contribution in [2.24, 2.45) is 5.84 Å². The molecule has 2 heterocycles. The Balaban J connectivity index is 2.79. The average Bonchev–Trinajstić information content (AvgIpc) is 2.50. The van der Waals surface area contributed by atoms with Crippen LogP contribution in [-0.2, 0) is 0 Å². The Bertz CT molecular complexity index is 369. The van der Waals surface area contributed by atoms with Crippen LogP contribution in [0.1, 0.15) is 0 Å². The van der Waals surface area contributed by atoms with Crippen molar-refractivity contribution in [2.45, 2.75) is 0 Å². The molecule has 0 amide bonds. The quantitative estimate of drug-likeness (QED) is 0.396. The molecule has 3 N–H and O–H groups in total. The molecule has 0 unspecified atom stereocenters. The third-order valence-electron chi connectivity index (χ3n) is 1.38. The van der Waals surface area contributed by atoms with E-state index in [4.69, 9.17) is 5.84 Å². The van der Waals surface area contributed by atoms with Gasteiger partial charge in [-0.1, -0.05) is 0 Å². The van der Waals surface area contributed by atoms with E-state index in [0.29, 0.717) is 14.5 Å². The number of hydrogen-bond donors (Lipinski definition) is 2. The molecule has 0 aliphatic heterocycles. The summed E-state index contributed by atoms with van der Waals surface area (Å²) in [5.41, 5.74) is 3.55. The molecule has 0 aliphatic carbocycles. The van der Waals surface area contributed by atoms with Crippen molar-refractivity contribution >= 4 is 30.1 Å². The molecule has 0 fully saturated rings. The Kier molecular flexibility index (Phi) is 1.62. The molecule has 2 aromatic heterocycles. The first kappa shape index (κ1) is 6.79. The molecule has 0 saturated heterocycles. The number of hydrogen-bond acceptors (Lipinski definition) is 4. The second-order valence-corrected chi connectivity index (χ2v) is 3.92. The van der Waals surface area contributed by atoms with Crippen molar-refractivity contribution in [1.29, 1.82) is 0 Å². The van der Waals surface area contributed by atoms with Crippen molar-refractivity contribution in [3.8, 4) is 0 Å². The summed E-state index contributed by atoms with van der Waals surface area (Å²) in [7, 11) is 0. The predicted molar refractivity (Wildman–Crippen MR) is 44.3 cm³/mol. The molecule has 2 rings (SSSR count). The summed E-state index contributed by atoms with van der Waals surface area (Å²) < 4.78 is 1.14. The third kappa shape index (κ3) is 1.03. The van der Waals surface area contributed by atoms with E-state index in [1.165, 1.54) is 6.33 Å². The Morgan fingerprint density at radius 2 is 2.36 bits per heavy atom. The van der Waals surface area contributed by atoms with E-state index in [1.54, 1.807) is 0 Å². The fourth-order valence-electron chi connectivity index (χ4n) is 0.892. The number of nitrogen functional groups attached to an aromatic ring is 1. The van der Waals surface area contributed by atoms with Gasteiger partial charge >= 0.3 is 68.7 Å². The Morgan fingerprint density at radius 3 is 3.18 bits per heavy atom. The van der Waals surface area contributed by atoms with E-state index in [9.17, 15) is 0 Å². The minimum atomic E-state index is 0.346. The van der Waals surface area contributed by atoms with Crippen molar-refractivity contribution < 1.29 is 0 Å². The van der Waals surface area contributed by atoms with Gasteiger partial charge in [0, 0.05) is 0 Å². The van der Waals surface area contributed by atoms with Crippen LogP contribution in [-0.4, -0.2) is 24.5 Å². The summed E-state index contributed by atoms with van der Waals surface area (Å²) in [6.07, 6.45) is 1.51. The monoisotopic (exact) mass is 214 g/mol. The van der Waals surface area contributed by atoms with E-state index >= 15 is 0 Å². The number of anilines is 1. The Hall–Kier alpha value is -0.901. The van der Waals surface area contributed by atoms with Crippen molar-refractivity contribution in [1.82, 2.24) is 9.97 Å². The van der Waals surface area contributed by atoms with Crippen LogP contribution in [0.3, 0.4) is 0 Å². The molecule has 5 heteroatoms. The van der Waals surface area contributed by atoms with Crippen LogP contribution in [0.25, 0.3) is 9.78 Å². The van der Waals surface area contributed by atoms with Gasteiger partial charge < -0.3 is 0 Å². The topological polar surface area (TPSA) is 63.8 Å². The zero-order valence-electron chi connectivity index (χ0n) is 5.61. The number of nitrogens with two attached hydrogens (primary N) is 1. The first-order chi connectivity index (χ1) is 5.42. The van der Waals surface area contributed by atoms with Crippen LogP contribution in [0.5, 0.6) is 0 Å². The van der Waals surface area contributed by atoms with E-state index in [-0.39, 0.29) is 0 Å². The number of aromatic nitrogens is 2. The summed E-state index contributed by atoms with van der Waals surface area (Å²) >= 11 is 0.346. The first-order valence-electron chi connectivity index (χ1n) is 3.06. The normalized spacial score (nSPS) is 10.3. The SMILES string of the molecule is NNc1ncnc2cc[se]c12. The molecule has 0 aliphatic rings. The Labute approximate surface area is 69.2 Å². The molecule has 0 spiro atoms. The van der Waals surface area contributed by atoms with Gasteiger partial charge in [-0.3, -0.25) is 0 Å². The molecule has 2 aromatic rings. The van der Waals surface area contributed by atoms with E-state index in [1.807, 2.05) is 6.07 Å². The van der Waals surface area contributed by atoms with Gasteiger partial charge in [0.1, 0.15) is 0 Å². The predicted octanol–water partition coefficient (Wildman–Crippen LogP) is -0.0276. The van der Waals surface area contributed by atoms with E-state index in [0.717, 1.165) is 15.6 Å². The number of fused-ring (bicyclic) bond motifs is 1. The van der Waals surface area contributed by atoms with Gasteiger partial charge in [0.05, 0.1) is 0 Å². The zero-order chi connectivity index (χ0) is 7.68. The molecule has 56 valence electrons.